The van der Waals surface area contributed by atoms with Crippen molar-refractivity contribution in [2.75, 3.05) is 20.3 Å². The Morgan fingerprint density at radius 1 is 0.825 bits per heavy atom. The molecule has 3 fully saturated rings. The van der Waals surface area contributed by atoms with Crippen LogP contribution in [-0.4, -0.2) is 164 Å². The molecular formula is C21H41N7O12. The molecule has 19 nitrogen and oxygen atoms in total. The second-order valence-corrected chi connectivity index (χ2v) is 10.0. The van der Waals surface area contributed by atoms with Crippen LogP contribution in [0.25, 0.3) is 0 Å². The second-order valence-electron chi connectivity index (χ2n) is 10.0. The first-order chi connectivity index (χ1) is 18.7. The van der Waals surface area contributed by atoms with Gasteiger partial charge in [0.2, 0.25) is 0 Å². The summed E-state index contributed by atoms with van der Waals surface area (Å²) in [6.07, 6.45) is -16.9. The third-order valence-electron chi connectivity index (χ3n) is 7.49. The summed E-state index contributed by atoms with van der Waals surface area (Å²) in [4.78, 5) is 7.66. The topological polar surface area (TPSA) is 340 Å². The van der Waals surface area contributed by atoms with Crippen molar-refractivity contribution in [3.05, 3.63) is 0 Å². The zero-order valence-electron chi connectivity index (χ0n) is 21.9. The number of nitrogens with one attached hydrogen (secondary N) is 1. The Morgan fingerprint density at radius 2 is 1.43 bits per heavy atom. The Morgan fingerprint density at radius 3 is 1.95 bits per heavy atom. The van der Waals surface area contributed by atoms with E-state index >= 15 is 0 Å². The summed E-state index contributed by atoms with van der Waals surface area (Å²) < 4.78 is 23.2. The van der Waals surface area contributed by atoms with Crippen LogP contribution in [0.15, 0.2) is 9.98 Å². The van der Waals surface area contributed by atoms with Crippen molar-refractivity contribution in [3.8, 4) is 0 Å². The maximum absolute atomic E-state index is 11.3. The first kappa shape index (κ1) is 32.5. The molecule has 0 amide bonds. The number of nitrogens with two attached hydrogens (primary N) is 4. The molecule has 0 aromatic heterocycles. The van der Waals surface area contributed by atoms with Crippen molar-refractivity contribution >= 4 is 11.9 Å². The molecule has 1 aliphatic carbocycles. The lowest BCUT2D eigenvalue weighted by molar-refractivity contribution is -0.317. The average Bonchev–Trinajstić information content (AvgIpc) is 3.13. The fraction of sp³-hybridized carbons (Fsp3) is 0.905. The maximum Gasteiger partial charge on any atom is 0.187 e. The van der Waals surface area contributed by atoms with Gasteiger partial charge in [0.1, 0.15) is 66.5 Å². The van der Waals surface area contributed by atoms with Gasteiger partial charge in [0.15, 0.2) is 24.5 Å². The largest absolute Gasteiger partial charge is 0.394 e. The van der Waals surface area contributed by atoms with Gasteiger partial charge >= 0.3 is 0 Å². The number of ether oxygens (including phenoxy) is 4. The average molecular weight is 584 g/mol. The zero-order valence-corrected chi connectivity index (χ0v) is 21.9. The van der Waals surface area contributed by atoms with Crippen LogP contribution >= 0.6 is 0 Å². The van der Waals surface area contributed by atoms with Gasteiger partial charge in [0.25, 0.3) is 0 Å². The third-order valence-corrected chi connectivity index (χ3v) is 7.49. The number of aliphatic hydroxyl groups excluding tert-OH is 7. The number of nitrogens with zero attached hydrogens (tertiary/aromatic N) is 2. The van der Waals surface area contributed by atoms with Gasteiger partial charge < -0.3 is 88.1 Å². The molecule has 0 unspecified atom stereocenters. The van der Waals surface area contributed by atoms with E-state index in [-0.39, 0.29) is 0 Å². The van der Waals surface area contributed by atoms with E-state index in [0.717, 1.165) is 0 Å². The number of guanidine groups is 2. The van der Waals surface area contributed by atoms with Crippen LogP contribution in [0, 0.1) is 0 Å². The molecule has 19 heteroatoms. The van der Waals surface area contributed by atoms with Gasteiger partial charge in [-0.3, -0.25) is 0 Å². The maximum atomic E-state index is 11.3. The first-order valence-corrected chi connectivity index (χ1v) is 12.5. The van der Waals surface area contributed by atoms with E-state index in [4.69, 9.17) is 41.9 Å². The number of hydrogen-bond acceptors (Lipinski definition) is 15. The highest BCUT2D eigenvalue weighted by Crippen LogP contribution is 2.39. The fourth-order valence-electron chi connectivity index (χ4n) is 5.17. The summed E-state index contributed by atoms with van der Waals surface area (Å²) in [5.74, 6) is -1.01. The normalized spacial score (nSPS) is 47.5. The third kappa shape index (κ3) is 6.11. The number of aliphatic hydroxyl groups is 8. The van der Waals surface area contributed by atoms with Crippen LogP contribution in [0.3, 0.4) is 0 Å². The quantitative estimate of drug-likeness (QED) is 0.0884. The van der Waals surface area contributed by atoms with E-state index in [2.05, 4.69) is 15.3 Å². The van der Waals surface area contributed by atoms with E-state index < -0.39 is 116 Å². The molecule has 0 bridgehead atoms. The summed E-state index contributed by atoms with van der Waals surface area (Å²) in [5.41, 5.74) is 19.7. The van der Waals surface area contributed by atoms with E-state index in [0.29, 0.717) is 0 Å². The fourth-order valence-corrected chi connectivity index (χ4v) is 5.17. The molecule has 0 aromatic rings. The Balaban J connectivity index is 1.96. The van der Waals surface area contributed by atoms with Gasteiger partial charge in [-0.15, -0.1) is 0 Å². The van der Waals surface area contributed by atoms with Gasteiger partial charge in [-0.05, 0) is 14.0 Å². The summed E-state index contributed by atoms with van der Waals surface area (Å²) in [6.45, 7) is -0.199. The smallest absolute Gasteiger partial charge is 0.187 e. The molecule has 15 atom stereocenters. The lowest BCUT2D eigenvalue weighted by Gasteiger charge is -2.45. The van der Waals surface area contributed by atoms with Crippen LogP contribution in [0.5, 0.6) is 0 Å². The van der Waals surface area contributed by atoms with Crippen LogP contribution in [0.4, 0.5) is 0 Å². The summed E-state index contributed by atoms with van der Waals surface area (Å²) in [7, 11) is 1.44. The molecule has 3 aliphatic rings. The standard InChI is InChI=1S/C21H41N7O12/c1-5-21(36,4-30)16(40-17-9(26-2)13(34)10(31)6(3-29)38-17)18(37-5)39-15-8(28-20(24)25)11(32)7(27-19(22)23)12(33)14(15)35/h5-18,26,29-36H,3-4H2,1-2H3,(H4,22,23,27)(H4,24,25,28)/t5-,6-,7+,8-,9-,10-,11-,12-,13+,14+,15-,16-,17-,18-,21-/m1/s1. The monoisotopic (exact) mass is 583 g/mol. The lowest BCUT2D eigenvalue weighted by Crippen LogP contribution is -2.66. The van der Waals surface area contributed by atoms with Crippen LogP contribution < -0.4 is 28.3 Å². The van der Waals surface area contributed by atoms with E-state index in [9.17, 15) is 40.9 Å². The molecule has 0 radical (unpaired) electrons. The van der Waals surface area contributed by atoms with Crippen molar-refractivity contribution < 1.29 is 59.8 Å². The SMILES string of the molecule is CN[C@H]1[C@@H](O[C@@H]2[C@@H](O[C@H]3[C@@H](O)[C@H](O)[C@@H](N=C(N)N)[C@@H](O)[C@H]3N=C(N)N)O[C@H](C)[C@]2(O)CO)O[C@H](CO)[C@@H](O)[C@H]1O. The van der Waals surface area contributed by atoms with Gasteiger partial charge in [-0.1, -0.05) is 0 Å². The number of aliphatic imine (C=N–C) groups is 2. The van der Waals surface area contributed by atoms with Crippen molar-refractivity contribution in [3.63, 3.8) is 0 Å². The first-order valence-electron chi connectivity index (χ1n) is 12.5. The molecule has 2 aliphatic heterocycles. The molecular weight excluding hydrogens is 542 g/mol. The summed E-state index contributed by atoms with van der Waals surface area (Å²) >= 11 is 0. The van der Waals surface area contributed by atoms with E-state index in [1.165, 1.54) is 14.0 Å². The van der Waals surface area contributed by atoms with Gasteiger partial charge in [-0.2, -0.15) is 0 Å². The molecule has 40 heavy (non-hydrogen) atoms. The number of rotatable bonds is 9. The van der Waals surface area contributed by atoms with Crippen LogP contribution in [0.2, 0.25) is 0 Å². The predicted molar refractivity (Wildman–Crippen MR) is 134 cm³/mol. The highest BCUT2D eigenvalue weighted by molar-refractivity contribution is 5.76. The minimum Gasteiger partial charge on any atom is -0.394 e. The van der Waals surface area contributed by atoms with Crippen LogP contribution in [-0.2, 0) is 18.9 Å². The Hall–Kier alpha value is -1.98. The molecule has 2 saturated heterocycles. The van der Waals surface area contributed by atoms with Crippen molar-refractivity contribution in [2.45, 2.75) is 98.2 Å². The molecule has 2 heterocycles. The molecule has 0 spiro atoms. The van der Waals surface area contributed by atoms with E-state index in [1.807, 2.05) is 0 Å². The van der Waals surface area contributed by atoms with Crippen molar-refractivity contribution in [1.29, 1.82) is 0 Å². The van der Waals surface area contributed by atoms with Gasteiger partial charge in [0, 0.05) is 0 Å². The Bertz CT molecular complexity index is 911. The predicted octanol–water partition coefficient (Wildman–Crippen LogP) is -8.37. The summed E-state index contributed by atoms with van der Waals surface area (Å²) in [6, 6.07) is -4.00. The van der Waals surface area contributed by atoms with Crippen molar-refractivity contribution in [2.24, 2.45) is 32.9 Å². The number of likely N-dealkylation sites (N-methyl/N-ethyl adjacent to an activating group) is 1. The second kappa shape index (κ2) is 12.9. The molecule has 232 valence electrons. The molecule has 17 N–H and O–H groups in total. The summed E-state index contributed by atoms with van der Waals surface area (Å²) in [5, 5.41) is 87.0. The van der Waals surface area contributed by atoms with Gasteiger partial charge in [-0.25, -0.2) is 9.98 Å². The molecule has 0 aromatic carbocycles. The van der Waals surface area contributed by atoms with Crippen LogP contribution in [0.1, 0.15) is 6.92 Å². The zero-order chi connectivity index (χ0) is 30.1. The number of hydrogen-bond donors (Lipinski definition) is 13. The Kier molecular flexibility index (Phi) is 10.5. The highest BCUT2D eigenvalue weighted by Gasteiger charge is 2.60. The molecule has 3 rings (SSSR count). The van der Waals surface area contributed by atoms with Gasteiger partial charge in [0.05, 0.1) is 25.4 Å². The molecule has 1 saturated carbocycles. The Labute approximate surface area is 229 Å². The minimum atomic E-state index is -2.15. The highest BCUT2D eigenvalue weighted by atomic mass is 16.8. The van der Waals surface area contributed by atoms with E-state index in [1.54, 1.807) is 0 Å². The minimum absolute atomic E-state index is 0.493. The van der Waals surface area contributed by atoms with Crippen molar-refractivity contribution in [1.82, 2.24) is 5.32 Å². The lowest BCUT2D eigenvalue weighted by atomic mass is 9.81.